The third-order valence-corrected chi connectivity index (χ3v) is 4.29. The van der Waals surface area contributed by atoms with Crippen LogP contribution in [0.3, 0.4) is 0 Å². The molecule has 0 radical (unpaired) electrons. The van der Waals surface area contributed by atoms with Gasteiger partial charge in [0.15, 0.2) is 11.5 Å². The Balaban J connectivity index is 1.74. The van der Waals surface area contributed by atoms with E-state index in [1.807, 2.05) is 31.2 Å². The summed E-state index contributed by atoms with van der Waals surface area (Å²) in [6, 6.07) is 19.6. The third kappa shape index (κ3) is 4.59. The fraction of sp³-hybridized carbons (Fsp3) is 0.261. The SMILES string of the molecule is CCCOc1ccc(C(=O)NCc2cccc3ccccc23)cc1OCC. The van der Waals surface area contributed by atoms with E-state index in [1.54, 1.807) is 18.2 Å². The number of carbonyl (C=O) groups excluding carboxylic acids is 1. The predicted molar refractivity (Wildman–Crippen MR) is 109 cm³/mol. The van der Waals surface area contributed by atoms with Gasteiger partial charge in [-0.05, 0) is 47.9 Å². The summed E-state index contributed by atoms with van der Waals surface area (Å²) in [5, 5.41) is 5.32. The van der Waals surface area contributed by atoms with Gasteiger partial charge in [-0.3, -0.25) is 4.79 Å². The minimum atomic E-state index is -0.133. The fourth-order valence-corrected chi connectivity index (χ4v) is 2.97. The summed E-state index contributed by atoms with van der Waals surface area (Å²) in [5.74, 6) is 1.14. The number of amides is 1. The lowest BCUT2D eigenvalue weighted by Crippen LogP contribution is -2.23. The van der Waals surface area contributed by atoms with Crippen molar-refractivity contribution in [1.29, 1.82) is 0 Å². The molecule has 3 aromatic carbocycles. The molecule has 1 amide bonds. The van der Waals surface area contributed by atoms with Crippen LogP contribution in [0.15, 0.2) is 60.7 Å². The van der Waals surface area contributed by atoms with Crippen molar-refractivity contribution in [2.45, 2.75) is 26.8 Å². The van der Waals surface area contributed by atoms with E-state index in [4.69, 9.17) is 9.47 Å². The Morgan fingerprint density at radius 1 is 0.926 bits per heavy atom. The second-order valence-corrected chi connectivity index (χ2v) is 6.26. The van der Waals surface area contributed by atoms with Gasteiger partial charge in [0.2, 0.25) is 0 Å². The number of ether oxygens (including phenoxy) is 2. The minimum absolute atomic E-state index is 0.133. The number of hydrogen-bond donors (Lipinski definition) is 1. The molecule has 3 aromatic rings. The highest BCUT2D eigenvalue weighted by Crippen LogP contribution is 2.29. The molecular formula is C23H25NO3. The van der Waals surface area contributed by atoms with E-state index in [1.165, 1.54) is 5.39 Å². The summed E-state index contributed by atoms with van der Waals surface area (Å²) < 4.78 is 11.3. The molecular weight excluding hydrogens is 338 g/mol. The normalized spacial score (nSPS) is 10.6. The average Bonchev–Trinajstić information content (AvgIpc) is 2.71. The molecule has 0 aliphatic rings. The first-order chi connectivity index (χ1) is 13.2. The Labute approximate surface area is 160 Å². The maximum absolute atomic E-state index is 12.6. The Morgan fingerprint density at radius 2 is 1.74 bits per heavy atom. The molecule has 0 aliphatic carbocycles. The highest BCUT2D eigenvalue weighted by atomic mass is 16.5. The number of benzene rings is 3. The number of hydrogen-bond acceptors (Lipinski definition) is 3. The molecule has 4 nitrogen and oxygen atoms in total. The lowest BCUT2D eigenvalue weighted by Gasteiger charge is -2.13. The predicted octanol–water partition coefficient (Wildman–Crippen LogP) is 4.96. The molecule has 0 spiro atoms. The molecule has 3 rings (SSSR count). The number of fused-ring (bicyclic) bond motifs is 1. The van der Waals surface area contributed by atoms with Gasteiger partial charge in [0.1, 0.15) is 0 Å². The van der Waals surface area contributed by atoms with Crippen LogP contribution in [-0.4, -0.2) is 19.1 Å². The molecule has 0 fully saturated rings. The molecule has 0 heterocycles. The smallest absolute Gasteiger partial charge is 0.251 e. The summed E-state index contributed by atoms with van der Waals surface area (Å²) in [6.45, 7) is 5.57. The van der Waals surface area contributed by atoms with Gasteiger partial charge in [-0.15, -0.1) is 0 Å². The second-order valence-electron chi connectivity index (χ2n) is 6.26. The van der Waals surface area contributed by atoms with Gasteiger partial charge in [-0.25, -0.2) is 0 Å². The lowest BCUT2D eigenvalue weighted by molar-refractivity contribution is 0.0950. The van der Waals surface area contributed by atoms with Crippen molar-refractivity contribution in [1.82, 2.24) is 5.32 Å². The monoisotopic (exact) mass is 363 g/mol. The third-order valence-electron chi connectivity index (χ3n) is 4.29. The standard InChI is InChI=1S/C23H25NO3/c1-3-14-27-21-13-12-18(15-22(21)26-4-2)23(25)24-16-19-10-7-9-17-8-5-6-11-20(17)19/h5-13,15H,3-4,14,16H2,1-2H3,(H,24,25). The summed E-state index contributed by atoms with van der Waals surface area (Å²) in [5.41, 5.74) is 1.65. The molecule has 0 saturated carbocycles. The molecule has 140 valence electrons. The van der Waals surface area contributed by atoms with Crippen LogP contribution in [0.4, 0.5) is 0 Å². The molecule has 0 aliphatic heterocycles. The maximum atomic E-state index is 12.6. The second kappa shape index (κ2) is 9.08. The zero-order valence-corrected chi connectivity index (χ0v) is 15.8. The molecule has 0 bridgehead atoms. The van der Waals surface area contributed by atoms with E-state index in [0.717, 1.165) is 17.4 Å². The Morgan fingerprint density at radius 3 is 2.56 bits per heavy atom. The van der Waals surface area contributed by atoms with Crippen LogP contribution in [0.1, 0.15) is 36.2 Å². The van der Waals surface area contributed by atoms with Gasteiger partial charge in [0, 0.05) is 12.1 Å². The van der Waals surface area contributed by atoms with Gasteiger partial charge in [-0.1, -0.05) is 49.4 Å². The summed E-state index contributed by atoms with van der Waals surface area (Å²) in [4.78, 5) is 12.6. The van der Waals surface area contributed by atoms with Crippen molar-refractivity contribution in [2.75, 3.05) is 13.2 Å². The minimum Gasteiger partial charge on any atom is -0.490 e. The van der Waals surface area contributed by atoms with Crippen molar-refractivity contribution >= 4 is 16.7 Å². The number of nitrogens with one attached hydrogen (secondary N) is 1. The first-order valence-corrected chi connectivity index (χ1v) is 9.37. The van der Waals surface area contributed by atoms with Gasteiger partial charge >= 0.3 is 0 Å². The van der Waals surface area contributed by atoms with Crippen molar-refractivity contribution in [3.8, 4) is 11.5 Å². The average molecular weight is 363 g/mol. The maximum Gasteiger partial charge on any atom is 0.251 e. The van der Waals surface area contributed by atoms with Crippen molar-refractivity contribution < 1.29 is 14.3 Å². The Bertz CT molecular complexity index is 915. The quantitative estimate of drug-likeness (QED) is 0.615. The summed E-state index contributed by atoms with van der Waals surface area (Å²) in [7, 11) is 0. The van der Waals surface area contributed by atoms with Crippen molar-refractivity contribution in [3.05, 3.63) is 71.8 Å². The fourth-order valence-electron chi connectivity index (χ4n) is 2.97. The first-order valence-electron chi connectivity index (χ1n) is 9.37. The van der Waals surface area contributed by atoms with Crippen LogP contribution in [-0.2, 0) is 6.54 Å². The topological polar surface area (TPSA) is 47.6 Å². The molecule has 0 atom stereocenters. The Hall–Kier alpha value is -3.01. The van der Waals surface area contributed by atoms with Crippen LogP contribution in [0.5, 0.6) is 11.5 Å². The van der Waals surface area contributed by atoms with E-state index >= 15 is 0 Å². The number of rotatable bonds is 8. The molecule has 27 heavy (non-hydrogen) atoms. The lowest BCUT2D eigenvalue weighted by atomic mass is 10.0. The zero-order chi connectivity index (χ0) is 19.1. The van der Waals surface area contributed by atoms with Crippen molar-refractivity contribution in [3.63, 3.8) is 0 Å². The zero-order valence-electron chi connectivity index (χ0n) is 15.8. The Kier molecular flexibility index (Phi) is 6.31. The summed E-state index contributed by atoms with van der Waals surface area (Å²) in [6.07, 6.45) is 0.916. The first kappa shape index (κ1) is 18.8. The largest absolute Gasteiger partial charge is 0.490 e. The highest BCUT2D eigenvalue weighted by Gasteiger charge is 2.12. The van der Waals surface area contributed by atoms with E-state index in [0.29, 0.717) is 36.8 Å². The van der Waals surface area contributed by atoms with Crippen LogP contribution in [0, 0.1) is 0 Å². The van der Waals surface area contributed by atoms with E-state index in [9.17, 15) is 4.79 Å². The van der Waals surface area contributed by atoms with Gasteiger partial charge in [0.25, 0.3) is 5.91 Å². The van der Waals surface area contributed by atoms with E-state index < -0.39 is 0 Å². The molecule has 0 aromatic heterocycles. The van der Waals surface area contributed by atoms with Crippen LogP contribution >= 0.6 is 0 Å². The number of carbonyl (C=O) groups is 1. The van der Waals surface area contributed by atoms with E-state index in [2.05, 4.69) is 30.4 Å². The van der Waals surface area contributed by atoms with Gasteiger partial charge < -0.3 is 14.8 Å². The van der Waals surface area contributed by atoms with Crippen molar-refractivity contribution in [2.24, 2.45) is 0 Å². The van der Waals surface area contributed by atoms with Gasteiger partial charge in [0.05, 0.1) is 13.2 Å². The molecule has 4 heteroatoms. The van der Waals surface area contributed by atoms with Gasteiger partial charge in [-0.2, -0.15) is 0 Å². The van der Waals surface area contributed by atoms with Crippen LogP contribution in [0.2, 0.25) is 0 Å². The van der Waals surface area contributed by atoms with Crippen LogP contribution < -0.4 is 14.8 Å². The molecule has 1 N–H and O–H groups in total. The highest BCUT2D eigenvalue weighted by molar-refractivity contribution is 5.95. The molecule has 0 unspecified atom stereocenters. The summed E-state index contributed by atoms with van der Waals surface area (Å²) >= 11 is 0. The molecule has 0 saturated heterocycles. The van der Waals surface area contributed by atoms with E-state index in [-0.39, 0.29) is 5.91 Å². The van der Waals surface area contributed by atoms with Crippen LogP contribution in [0.25, 0.3) is 10.8 Å².